The summed E-state index contributed by atoms with van der Waals surface area (Å²) in [6.45, 7) is 8.29. The summed E-state index contributed by atoms with van der Waals surface area (Å²) in [5, 5.41) is 5.53. The van der Waals surface area contributed by atoms with Gasteiger partial charge in [-0.1, -0.05) is 6.57 Å². The van der Waals surface area contributed by atoms with Crippen molar-refractivity contribution in [1.29, 1.82) is 0 Å². The minimum Gasteiger partial charge on any atom is -0.360 e. The lowest BCUT2D eigenvalue weighted by atomic mass is 9.94. The van der Waals surface area contributed by atoms with Gasteiger partial charge in [-0.05, 0) is 30.5 Å². The van der Waals surface area contributed by atoms with Crippen LogP contribution in [-0.4, -0.2) is 40.2 Å². The second-order valence-corrected chi connectivity index (χ2v) is 7.04. The summed E-state index contributed by atoms with van der Waals surface area (Å²) < 4.78 is 27.2. The lowest BCUT2D eigenvalue weighted by Gasteiger charge is -2.34. The van der Waals surface area contributed by atoms with E-state index in [-0.39, 0.29) is 17.6 Å². The van der Waals surface area contributed by atoms with Crippen molar-refractivity contribution >= 4 is 23.8 Å². The normalized spacial score (nSPS) is 19.4. The molecule has 0 saturated carbocycles. The van der Waals surface area contributed by atoms with Gasteiger partial charge in [0, 0.05) is 43.8 Å². The number of anilines is 1. The Hall–Kier alpha value is -3.41. The number of carbonyl (C=O) groups is 1. The average molecular weight is 396 g/mol. The van der Waals surface area contributed by atoms with Gasteiger partial charge >= 0.3 is 0 Å². The maximum absolute atomic E-state index is 13.6. The van der Waals surface area contributed by atoms with E-state index >= 15 is 0 Å². The lowest BCUT2D eigenvalue weighted by molar-refractivity contribution is -0.138. The fourth-order valence-corrected chi connectivity index (χ4v) is 3.78. The molecule has 2 aromatic rings. The maximum Gasteiger partial charge on any atom is 0.274 e. The number of rotatable bonds is 3. The molecule has 2 aliphatic heterocycles. The molecule has 7 nitrogen and oxygen atoms in total. The van der Waals surface area contributed by atoms with Crippen LogP contribution in [0.15, 0.2) is 35.7 Å². The summed E-state index contributed by atoms with van der Waals surface area (Å²) in [6, 6.07) is 4.45. The first-order chi connectivity index (χ1) is 14.0. The zero-order valence-electron chi connectivity index (χ0n) is 15.5. The van der Waals surface area contributed by atoms with Crippen molar-refractivity contribution in [3.63, 3.8) is 0 Å². The van der Waals surface area contributed by atoms with E-state index in [9.17, 15) is 13.6 Å². The van der Waals surface area contributed by atoms with Crippen molar-refractivity contribution < 1.29 is 13.6 Å². The average Bonchev–Trinajstić information content (AvgIpc) is 3.23. The summed E-state index contributed by atoms with van der Waals surface area (Å²) in [5.41, 5.74) is 0.401. The Kier molecular flexibility index (Phi) is 5.16. The Labute approximate surface area is 166 Å². The van der Waals surface area contributed by atoms with Crippen LogP contribution >= 0.6 is 0 Å². The van der Waals surface area contributed by atoms with Gasteiger partial charge in [-0.15, -0.1) is 4.98 Å². The topological polar surface area (TPSA) is 66.1 Å². The molecule has 3 heterocycles. The largest absolute Gasteiger partial charge is 0.360 e. The third kappa shape index (κ3) is 3.92. The van der Waals surface area contributed by atoms with Gasteiger partial charge < -0.3 is 9.74 Å². The number of benzene rings is 1. The van der Waals surface area contributed by atoms with Crippen molar-refractivity contribution in [2.24, 2.45) is 11.0 Å². The van der Waals surface area contributed by atoms with E-state index in [2.05, 4.69) is 19.9 Å². The first-order valence-electron chi connectivity index (χ1n) is 9.31. The molecule has 1 atom stereocenters. The third-order valence-corrected chi connectivity index (χ3v) is 5.25. The van der Waals surface area contributed by atoms with E-state index < -0.39 is 17.7 Å². The number of amides is 1. The number of aromatic nitrogens is 2. The number of piperidine rings is 1. The molecule has 0 aliphatic carbocycles. The molecule has 1 aromatic heterocycles. The molecule has 148 valence electrons. The van der Waals surface area contributed by atoms with E-state index in [1.165, 1.54) is 23.5 Å². The van der Waals surface area contributed by atoms with Gasteiger partial charge in [0.05, 0.1) is 6.04 Å². The van der Waals surface area contributed by atoms with Crippen molar-refractivity contribution in [3.05, 3.63) is 59.2 Å². The predicted molar refractivity (Wildman–Crippen MR) is 102 cm³/mol. The smallest absolute Gasteiger partial charge is 0.274 e. The van der Waals surface area contributed by atoms with Gasteiger partial charge in [-0.2, -0.15) is 10.1 Å². The number of nitrogens with zero attached hydrogens (tertiary/aromatic N) is 6. The van der Waals surface area contributed by atoms with E-state index in [4.69, 9.17) is 6.57 Å². The summed E-state index contributed by atoms with van der Waals surface area (Å²) in [5.74, 6) is -0.761. The fraction of sp³-hybridized carbons (Fsp3) is 0.350. The van der Waals surface area contributed by atoms with Gasteiger partial charge in [0.1, 0.15) is 17.5 Å². The summed E-state index contributed by atoms with van der Waals surface area (Å²) in [4.78, 5) is 26.5. The molecule has 1 saturated heterocycles. The highest BCUT2D eigenvalue weighted by Crippen LogP contribution is 2.33. The van der Waals surface area contributed by atoms with Crippen molar-refractivity contribution in [2.45, 2.75) is 25.3 Å². The quantitative estimate of drug-likeness (QED) is 0.745. The Morgan fingerprint density at radius 3 is 2.52 bits per heavy atom. The molecule has 1 fully saturated rings. The maximum atomic E-state index is 13.6. The van der Waals surface area contributed by atoms with Gasteiger partial charge in [0.25, 0.3) is 5.82 Å². The van der Waals surface area contributed by atoms with Crippen LogP contribution < -0.4 is 4.90 Å². The van der Waals surface area contributed by atoms with Crippen LogP contribution in [0.2, 0.25) is 0 Å². The highest BCUT2D eigenvalue weighted by molar-refractivity contribution is 5.82. The fourth-order valence-electron chi connectivity index (χ4n) is 3.78. The molecule has 29 heavy (non-hydrogen) atoms. The number of hydrogen-bond acceptors (Lipinski definition) is 5. The molecular formula is C20H18F2N6O. The van der Waals surface area contributed by atoms with Crippen LogP contribution in [0.3, 0.4) is 0 Å². The van der Waals surface area contributed by atoms with E-state index in [0.717, 1.165) is 6.07 Å². The molecule has 4 rings (SSSR count). The molecule has 0 N–H and O–H groups in total. The SMILES string of the molecule is [C-]#[N+]c1cc(N2CCC(C(=O)N3N=CC[C@H]3c3cc(F)cc(F)c3)CC2)ncn1. The van der Waals surface area contributed by atoms with Gasteiger partial charge in [-0.3, -0.25) is 4.79 Å². The highest BCUT2D eigenvalue weighted by Gasteiger charge is 2.35. The van der Waals surface area contributed by atoms with E-state index in [0.29, 0.717) is 43.7 Å². The molecule has 1 aromatic carbocycles. The van der Waals surface area contributed by atoms with Gasteiger partial charge in [-0.25, -0.2) is 13.8 Å². The van der Waals surface area contributed by atoms with Crippen molar-refractivity contribution in [1.82, 2.24) is 15.0 Å². The molecule has 0 unspecified atom stereocenters. The van der Waals surface area contributed by atoms with Crippen LogP contribution in [0.4, 0.5) is 20.4 Å². The van der Waals surface area contributed by atoms with E-state index in [1.807, 2.05) is 4.90 Å². The molecule has 0 spiro atoms. The summed E-state index contributed by atoms with van der Waals surface area (Å²) >= 11 is 0. The number of hydrazone groups is 1. The zero-order chi connectivity index (χ0) is 20.4. The molecule has 1 amide bonds. The number of halogens is 2. The molecular weight excluding hydrogens is 378 g/mol. The first kappa shape index (κ1) is 18.9. The molecule has 0 bridgehead atoms. The minimum atomic E-state index is -0.670. The standard InChI is InChI=1S/C20H18F2N6O/c1-23-18-11-19(25-12-24-18)27-6-3-13(4-7-27)20(29)28-17(2-5-26-28)14-8-15(21)10-16(22)9-14/h5,8-13,17H,2-4,6-7H2/t17-/m0/s1. The van der Waals surface area contributed by atoms with Crippen LogP contribution in [0.5, 0.6) is 0 Å². The third-order valence-electron chi connectivity index (χ3n) is 5.25. The molecule has 9 heteroatoms. The minimum absolute atomic E-state index is 0.141. The Morgan fingerprint density at radius 2 is 1.83 bits per heavy atom. The van der Waals surface area contributed by atoms with Crippen LogP contribution in [0.25, 0.3) is 4.85 Å². The van der Waals surface area contributed by atoms with Crippen molar-refractivity contribution in [3.8, 4) is 0 Å². The van der Waals surface area contributed by atoms with Gasteiger partial charge in [0.15, 0.2) is 0 Å². The molecule has 2 aliphatic rings. The Balaban J connectivity index is 1.43. The van der Waals surface area contributed by atoms with Crippen LogP contribution in [0.1, 0.15) is 30.9 Å². The van der Waals surface area contributed by atoms with Crippen LogP contribution in [-0.2, 0) is 4.79 Å². The first-order valence-corrected chi connectivity index (χ1v) is 9.31. The summed E-state index contributed by atoms with van der Waals surface area (Å²) in [6.07, 6.45) is 4.60. The summed E-state index contributed by atoms with van der Waals surface area (Å²) in [7, 11) is 0. The zero-order valence-corrected chi connectivity index (χ0v) is 15.5. The second-order valence-electron chi connectivity index (χ2n) is 7.04. The lowest BCUT2D eigenvalue weighted by Crippen LogP contribution is -2.41. The Bertz CT molecular complexity index is 976. The van der Waals surface area contributed by atoms with Gasteiger partial charge in [0.2, 0.25) is 12.2 Å². The Morgan fingerprint density at radius 1 is 1.10 bits per heavy atom. The van der Waals surface area contributed by atoms with E-state index in [1.54, 1.807) is 12.3 Å². The number of hydrogen-bond donors (Lipinski definition) is 0. The second kappa shape index (κ2) is 7.91. The number of carbonyl (C=O) groups excluding carboxylic acids is 1. The van der Waals surface area contributed by atoms with Crippen molar-refractivity contribution in [2.75, 3.05) is 18.0 Å². The monoisotopic (exact) mass is 396 g/mol. The molecule has 0 radical (unpaired) electrons. The van der Waals surface area contributed by atoms with Crippen LogP contribution in [0, 0.1) is 24.1 Å². The highest BCUT2D eigenvalue weighted by atomic mass is 19.1. The predicted octanol–water partition coefficient (Wildman–Crippen LogP) is 3.48.